The van der Waals surface area contributed by atoms with E-state index in [2.05, 4.69) is 153 Å². The van der Waals surface area contributed by atoms with Crippen molar-refractivity contribution in [2.24, 2.45) is 0 Å². The second-order valence-corrected chi connectivity index (χ2v) is 11.8. The van der Waals surface area contributed by atoms with Crippen LogP contribution in [-0.4, -0.2) is 0 Å². The summed E-state index contributed by atoms with van der Waals surface area (Å²) in [6.45, 7) is 13.2. The highest BCUT2D eigenvalue weighted by Crippen LogP contribution is 2.58. The van der Waals surface area contributed by atoms with Gasteiger partial charge in [0, 0.05) is 0 Å². The Morgan fingerprint density at radius 1 is 0.591 bits per heavy atom. The highest BCUT2D eigenvalue weighted by Gasteiger charge is 2.47. The van der Waals surface area contributed by atoms with Crippen LogP contribution in [0.5, 0.6) is 0 Å². The van der Waals surface area contributed by atoms with E-state index in [1.165, 1.54) is 66.8 Å². The molecule has 2 aliphatic carbocycles. The van der Waals surface area contributed by atoms with Crippen LogP contribution in [0, 0.1) is 0 Å². The summed E-state index contributed by atoms with van der Waals surface area (Å²) >= 11 is 0. The average Bonchev–Trinajstić information content (AvgIpc) is 3.37. The molecule has 44 heavy (non-hydrogen) atoms. The number of rotatable bonds is 6. The molecule has 0 aliphatic heterocycles. The Labute approximate surface area is 261 Å². The molecule has 1 atom stereocenters. The molecule has 0 aromatic heterocycles. The minimum absolute atomic E-state index is 0.490. The van der Waals surface area contributed by atoms with Crippen LogP contribution in [-0.2, 0) is 11.8 Å². The first-order valence-corrected chi connectivity index (χ1v) is 15.5. The molecule has 0 nitrogen and oxygen atoms in total. The van der Waals surface area contributed by atoms with E-state index < -0.39 is 5.41 Å². The Balaban J connectivity index is 1.30. The molecule has 1 unspecified atom stereocenters. The highest BCUT2D eigenvalue weighted by molar-refractivity contribution is 5.90. The summed E-state index contributed by atoms with van der Waals surface area (Å²) < 4.78 is 0. The van der Waals surface area contributed by atoms with E-state index in [0.717, 1.165) is 24.8 Å². The first-order valence-electron chi connectivity index (χ1n) is 15.5. The van der Waals surface area contributed by atoms with Gasteiger partial charge in [0.1, 0.15) is 0 Å². The number of hydrogen-bond acceptors (Lipinski definition) is 0. The van der Waals surface area contributed by atoms with Crippen LogP contribution >= 0.6 is 0 Å². The maximum absolute atomic E-state index is 4.67. The Morgan fingerprint density at radius 3 is 2.02 bits per heavy atom. The number of allylic oxidation sites excluding steroid dienone is 7. The van der Waals surface area contributed by atoms with E-state index in [4.69, 9.17) is 0 Å². The van der Waals surface area contributed by atoms with E-state index in [9.17, 15) is 0 Å². The molecule has 0 heterocycles. The van der Waals surface area contributed by atoms with Gasteiger partial charge in [0.15, 0.2) is 0 Å². The van der Waals surface area contributed by atoms with Crippen molar-refractivity contribution >= 4 is 0 Å². The van der Waals surface area contributed by atoms with Gasteiger partial charge in [-0.1, -0.05) is 153 Å². The van der Waals surface area contributed by atoms with E-state index in [0.29, 0.717) is 0 Å². The van der Waals surface area contributed by atoms with E-state index in [1.54, 1.807) is 0 Å². The molecule has 1 spiro atoms. The van der Waals surface area contributed by atoms with Crippen LogP contribution in [0.4, 0.5) is 0 Å². The lowest BCUT2D eigenvalue weighted by molar-refractivity contribution is 0.744. The highest BCUT2D eigenvalue weighted by atomic mass is 14.5. The Morgan fingerprint density at radius 2 is 1.25 bits per heavy atom. The Kier molecular flexibility index (Phi) is 7.20. The zero-order valence-electron chi connectivity index (χ0n) is 25.1. The van der Waals surface area contributed by atoms with Crippen molar-refractivity contribution < 1.29 is 0 Å². The molecule has 0 heteroatoms. The molecule has 5 aromatic rings. The van der Waals surface area contributed by atoms with Gasteiger partial charge in [-0.15, -0.1) is 0 Å². The van der Waals surface area contributed by atoms with Crippen molar-refractivity contribution in [1.29, 1.82) is 0 Å². The van der Waals surface area contributed by atoms with Crippen molar-refractivity contribution in [3.63, 3.8) is 0 Å². The lowest BCUT2D eigenvalue weighted by atomic mass is 9.64. The average molecular weight is 565 g/mol. The van der Waals surface area contributed by atoms with Crippen molar-refractivity contribution in [3.8, 4) is 33.4 Å². The summed E-state index contributed by atoms with van der Waals surface area (Å²) in [5.74, 6) is 0. The summed E-state index contributed by atoms with van der Waals surface area (Å²) in [6.07, 6.45) is 11.4. The zero-order valence-corrected chi connectivity index (χ0v) is 25.1. The Hall–Kier alpha value is -5.20. The molecule has 0 saturated carbocycles. The van der Waals surface area contributed by atoms with Crippen LogP contribution in [0.3, 0.4) is 0 Å². The Bertz CT molecular complexity index is 1960. The molecule has 0 N–H and O–H groups in total. The molecule has 0 bridgehead atoms. The second-order valence-electron chi connectivity index (χ2n) is 11.8. The van der Waals surface area contributed by atoms with Crippen molar-refractivity contribution in [1.82, 2.24) is 0 Å². The summed E-state index contributed by atoms with van der Waals surface area (Å²) in [6, 6.07) is 44.3. The summed E-state index contributed by atoms with van der Waals surface area (Å²) in [7, 11) is 0. The maximum Gasteiger partial charge on any atom is 0.0710 e. The third-order valence-corrected chi connectivity index (χ3v) is 9.36. The van der Waals surface area contributed by atoms with Crippen LogP contribution < -0.4 is 0 Å². The van der Waals surface area contributed by atoms with Crippen molar-refractivity contribution in [3.05, 3.63) is 204 Å². The molecule has 7 rings (SSSR count). The van der Waals surface area contributed by atoms with Gasteiger partial charge in [-0.25, -0.2) is 0 Å². The lowest BCUT2D eigenvalue weighted by Gasteiger charge is -2.37. The number of hydrogen-bond donors (Lipinski definition) is 0. The fourth-order valence-corrected chi connectivity index (χ4v) is 7.26. The van der Waals surface area contributed by atoms with Crippen molar-refractivity contribution in [2.45, 2.75) is 24.7 Å². The van der Waals surface area contributed by atoms with Gasteiger partial charge >= 0.3 is 0 Å². The molecule has 0 radical (unpaired) electrons. The fraction of sp³-hybridized carbons (Fsp3) is 0.0909. The van der Waals surface area contributed by atoms with Crippen LogP contribution in [0.2, 0.25) is 0 Å². The monoisotopic (exact) mass is 564 g/mol. The molecule has 0 amide bonds. The standard InChI is InChI=1S/C44H36/c1-4-34-17-10-9-14-31(3)44(41(34)5-2)42-21-12-11-20-39(42)40-30-38(26-27-43(40)44)37-19-13-18-36(29-37)35-24-22-33(23-25-35)28-32-15-7-6-8-16-32/h4-9,11-16,18-27,29-30H,1-3,10,17,28H2/b14-9-,41-34-. The van der Waals surface area contributed by atoms with Crippen LogP contribution in [0.25, 0.3) is 33.4 Å². The van der Waals surface area contributed by atoms with Gasteiger partial charge < -0.3 is 0 Å². The topological polar surface area (TPSA) is 0 Å². The normalized spacial score (nSPS) is 19.5. The molecule has 5 aromatic carbocycles. The fourth-order valence-electron chi connectivity index (χ4n) is 7.26. The largest absolute Gasteiger partial charge is 0.0988 e. The number of benzene rings is 5. The summed E-state index contributed by atoms with van der Waals surface area (Å²) in [5.41, 5.74) is 15.6. The molecule has 2 aliphatic rings. The van der Waals surface area contributed by atoms with Crippen molar-refractivity contribution in [2.75, 3.05) is 0 Å². The minimum Gasteiger partial charge on any atom is -0.0988 e. The predicted octanol–water partition coefficient (Wildman–Crippen LogP) is 11.5. The number of fused-ring (bicyclic) bond motifs is 5. The smallest absolute Gasteiger partial charge is 0.0710 e. The van der Waals surface area contributed by atoms with Gasteiger partial charge in [-0.05, 0) is 104 Å². The third-order valence-electron chi connectivity index (χ3n) is 9.36. The second kappa shape index (κ2) is 11.5. The van der Waals surface area contributed by atoms with E-state index >= 15 is 0 Å². The zero-order chi connectivity index (χ0) is 30.1. The van der Waals surface area contributed by atoms with Gasteiger partial charge in [0.05, 0.1) is 5.41 Å². The first-order chi connectivity index (χ1) is 21.6. The van der Waals surface area contributed by atoms with Gasteiger partial charge in [0.2, 0.25) is 0 Å². The molecule has 0 saturated heterocycles. The summed E-state index contributed by atoms with van der Waals surface area (Å²) in [5, 5.41) is 0. The van der Waals surface area contributed by atoms with Crippen LogP contribution in [0.15, 0.2) is 182 Å². The van der Waals surface area contributed by atoms with Crippen LogP contribution in [0.1, 0.15) is 35.1 Å². The quantitative estimate of drug-likeness (QED) is 0.192. The molecule has 0 fully saturated rings. The third kappa shape index (κ3) is 4.55. The minimum atomic E-state index is -0.490. The first kappa shape index (κ1) is 27.6. The van der Waals surface area contributed by atoms with Gasteiger partial charge in [0.25, 0.3) is 0 Å². The van der Waals surface area contributed by atoms with E-state index in [1.807, 2.05) is 12.2 Å². The van der Waals surface area contributed by atoms with Gasteiger partial charge in [-0.3, -0.25) is 0 Å². The van der Waals surface area contributed by atoms with E-state index in [-0.39, 0.29) is 0 Å². The predicted molar refractivity (Wildman–Crippen MR) is 188 cm³/mol. The lowest BCUT2D eigenvalue weighted by Crippen LogP contribution is -2.30. The maximum atomic E-state index is 4.67. The molecule has 212 valence electrons. The summed E-state index contributed by atoms with van der Waals surface area (Å²) in [4.78, 5) is 0. The molecular weight excluding hydrogens is 528 g/mol. The molecular formula is C44H36. The van der Waals surface area contributed by atoms with Gasteiger partial charge in [-0.2, -0.15) is 0 Å². The SMILES string of the molecule is C=C/C1=C(\C=C)C2(C(=C)/C=C\CC1)c1ccccc1-c1cc(-c3cccc(-c4ccc(Cc5ccccc5)cc4)c3)ccc12.